The summed E-state index contributed by atoms with van der Waals surface area (Å²) in [5.41, 5.74) is -0.0671. The molecule has 1 aromatic carbocycles. The van der Waals surface area contributed by atoms with Crippen LogP contribution in [-0.4, -0.2) is 60.7 Å². The van der Waals surface area contributed by atoms with Crippen molar-refractivity contribution < 1.29 is 49.9 Å². The van der Waals surface area contributed by atoms with Gasteiger partial charge in [0.15, 0.2) is 0 Å². The first-order valence-electron chi connectivity index (χ1n) is 4.61. The molecule has 0 aromatic heterocycles. The Labute approximate surface area is 112 Å². The topological polar surface area (TPSA) is 193 Å². The van der Waals surface area contributed by atoms with Crippen LogP contribution in [0, 0.1) is 0 Å². The van der Waals surface area contributed by atoms with E-state index in [1.165, 1.54) is 12.1 Å². The van der Waals surface area contributed by atoms with Crippen molar-refractivity contribution in [2.75, 3.05) is 0 Å². The van der Waals surface area contributed by atoms with Crippen molar-refractivity contribution >= 4 is 25.2 Å². The molecule has 0 bridgehead atoms. The van der Waals surface area contributed by atoms with Gasteiger partial charge in [0, 0.05) is 0 Å². The van der Waals surface area contributed by atoms with Crippen molar-refractivity contribution in [2.45, 2.75) is 0 Å². The largest absolute Gasteiger partial charge is 0.631 e. The number of aromatic hydroxyl groups is 1. The van der Waals surface area contributed by atoms with E-state index in [1.54, 1.807) is 12.1 Å². The van der Waals surface area contributed by atoms with Crippen molar-refractivity contribution in [3.05, 3.63) is 29.8 Å². The number of hydrogen-bond donors (Lipinski definition) is 7. The third-order valence-corrected chi connectivity index (χ3v) is 1.32. The molecule has 0 radical (unpaired) electrons. The first-order chi connectivity index (χ1) is 9.09. The van der Waals surface area contributed by atoms with E-state index in [-0.39, 0.29) is 11.3 Å². The van der Waals surface area contributed by atoms with E-state index in [2.05, 4.69) is 0 Å². The molecule has 0 saturated carbocycles. The SMILES string of the molecule is O=C(O)C(=O)O.O=C(O)c1ccccc1O.OB(O)O. The van der Waals surface area contributed by atoms with Crippen molar-refractivity contribution in [1.29, 1.82) is 0 Å². The molecule has 110 valence electrons. The maximum absolute atomic E-state index is 10.3. The van der Waals surface area contributed by atoms with Gasteiger partial charge >= 0.3 is 25.2 Å². The zero-order valence-electron chi connectivity index (χ0n) is 9.74. The van der Waals surface area contributed by atoms with Gasteiger partial charge in [0.05, 0.1) is 0 Å². The van der Waals surface area contributed by atoms with Crippen molar-refractivity contribution in [3.63, 3.8) is 0 Å². The average molecular weight is 290 g/mol. The van der Waals surface area contributed by atoms with Crippen LogP contribution in [0.5, 0.6) is 5.75 Å². The number of hydrogen-bond acceptors (Lipinski definition) is 7. The predicted molar refractivity (Wildman–Crippen MR) is 62.7 cm³/mol. The molecule has 0 fully saturated rings. The monoisotopic (exact) mass is 290 g/mol. The molecular formula is C9H11BO10. The summed E-state index contributed by atoms with van der Waals surface area (Å²) in [6.45, 7) is 0. The third kappa shape index (κ3) is 11.8. The van der Waals surface area contributed by atoms with Gasteiger partial charge in [-0.1, -0.05) is 12.1 Å². The minimum atomic E-state index is -2.17. The Hall–Kier alpha value is -2.63. The summed E-state index contributed by atoms with van der Waals surface area (Å²) in [5.74, 6) is -4.96. The Bertz CT molecular complexity index is 443. The summed E-state index contributed by atoms with van der Waals surface area (Å²) >= 11 is 0. The molecule has 1 aromatic rings. The second-order valence-corrected chi connectivity index (χ2v) is 2.78. The smallest absolute Gasteiger partial charge is 0.507 e. The minimum Gasteiger partial charge on any atom is -0.507 e. The second kappa shape index (κ2) is 10.3. The van der Waals surface area contributed by atoms with Crippen LogP contribution in [0.15, 0.2) is 24.3 Å². The van der Waals surface area contributed by atoms with Gasteiger partial charge in [0.2, 0.25) is 0 Å². The van der Waals surface area contributed by atoms with Crippen LogP contribution in [0.4, 0.5) is 0 Å². The molecule has 0 unspecified atom stereocenters. The second-order valence-electron chi connectivity index (χ2n) is 2.78. The number of phenols is 1. The minimum absolute atomic E-state index is 0.0671. The Kier molecular flexibility index (Phi) is 10.2. The Morgan fingerprint density at radius 3 is 1.40 bits per heavy atom. The highest BCUT2D eigenvalue weighted by Gasteiger charge is 2.05. The van der Waals surface area contributed by atoms with Crippen LogP contribution in [-0.2, 0) is 9.59 Å². The van der Waals surface area contributed by atoms with Crippen molar-refractivity contribution in [3.8, 4) is 5.75 Å². The Morgan fingerprint density at radius 2 is 1.20 bits per heavy atom. The summed E-state index contributed by atoms with van der Waals surface area (Å²) in [5, 5.41) is 53.6. The van der Waals surface area contributed by atoms with E-state index in [4.69, 9.17) is 45.1 Å². The number of benzene rings is 1. The number of carboxylic acid groups (broad SMARTS) is 3. The first-order valence-corrected chi connectivity index (χ1v) is 4.61. The van der Waals surface area contributed by atoms with E-state index in [9.17, 15) is 4.79 Å². The van der Waals surface area contributed by atoms with Crippen LogP contribution in [0.3, 0.4) is 0 Å². The van der Waals surface area contributed by atoms with Crippen molar-refractivity contribution in [1.82, 2.24) is 0 Å². The van der Waals surface area contributed by atoms with Gasteiger partial charge in [-0.15, -0.1) is 0 Å². The molecule has 0 saturated heterocycles. The van der Waals surface area contributed by atoms with Crippen LogP contribution >= 0.6 is 0 Å². The number of carbonyl (C=O) groups is 3. The fourth-order valence-electron chi connectivity index (χ4n) is 0.654. The van der Waals surface area contributed by atoms with Gasteiger partial charge in [-0.25, -0.2) is 14.4 Å². The predicted octanol–water partition coefficient (Wildman–Crippen LogP) is -1.81. The quantitative estimate of drug-likeness (QED) is 0.229. The van der Waals surface area contributed by atoms with Gasteiger partial charge in [0.1, 0.15) is 11.3 Å². The van der Waals surface area contributed by atoms with Gasteiger partial charge in [-0.2, -0.15) is 0 Å². The van der Waals surface area contributed by atoms with Gasteiger partial charge in [-0.05, 0) is 12.1 Å². The zero-order chi connectivity index (χ0) is 16.3. The lowest BCUT2D eigenvalue weighted by atomic mass is 10.2. The van der Waals surface area contributed by atoms with Gasteiger partial charge < -0.3 is 35.5 Å². The number of carboxylic acids is 3. The number of aromatic carboxylic acids is 1. The van der Waals surface area contributed by atoms with E-state index >= 15 is 0 Å². The van der Waals surface area contributed by atoms with E-state index in [1.807, 2.05) is 0 Å². The van der Waals surface area contributed by atoms with Crippen LogP contribution in [0.2, 0.25) is 0 Å². The molecule has 20 heavy (non-hydrogen) atoms. The van der Waals surface area contributed by atoms with Gasteiger partial charge in [-0.3, -0.25) is 0 Å². The standard InChI is InChI=1S/C7H6O3.C2H2O4.BH3O3/c8-6-4-2-1-3-5(6)7(9)10;3-1(4)2(5)6;2-1(3)4/h1-4,8H,(H,9,10);(H,3,4)(H,5,6);2-4H. The maximum atomic E-state index is 10.3. The van der Waals surface area contributed by atoms with Crippen LogP contribution < -0.4 is 0 Å². The third-order valence-electron chi connectivity index (χ3n) is 1.32. The van der Waals surface area contributed by atoms with E-state index < -0.39 is 25.2 Å². The molecule has 0 aliphatic heterocycles. The number of para-hydroxylation sites is 1. The highest BCUT2D eigenvalue weighted by Crippen LogP contribution is 2.14. The number of rotatable bonds is 1. The number of aliphatic carboxylic acids is 2. The lowest BCUT2D eigenvalue weighted by molar-refractivity contribution is -0.159. The summed E-state index contributed by atoms with van der Waals surface area (Å²) in [6.07, 6.45) is 0. The van der Waals surface area contributed by atoms with E-state index in [0.717, 1.165) is 0 Å². The molecule has 0 heterocycles. The Morgan fingerprint density at radius 1 is 0.850 bits per heavy atom. The van der Waals surface area contributed by atoms with Crippen molar-refractivity contribution in [2.24, 2.45) is 0 Å². The fraction of sp³-hybridized carbons (Fsp3) is 0. The molecule has 7 N–H and O–H groups in total. The highest BCUT2D eigenvalue weighted by molar-refractivity contribution is 6.30. The maximum Gasteiger partial charge on any atom is 0.631 e. The zero-order valence-corrected chi connectivity index (χ0v) is 9.74. The summed E-state index contributed by atoms with van der Waals surface area (Å²) < 4.78 is 0. The van der Waals surface area contributed by atoms with Gasteiger partial charge in [0.25, 0.3) is 0 Å². The summed E-state index contributed by atoms with van der Waals surface area (Å²) in [4.78, 5) is 28.5. The molecule has 0 atom stereocenters. The molecular weight excluding hydrogens is 279 g/mol. The molecule has 0 amide bonds. The molecule has 0 aliphatic carbocycles. The summed E-state index contributed by atoms with van der Waals surface area (Å²) in [6, 6.07) is 5.81. The molecule has 0 spiro atoms. The molecule has 1 rings (SSSR count). The van der Waals surface area contributed by atoms with Crippen LogP contribution in [0.25, 0.3) is 0 Å². The normalized spacial score (nSPS) is 8.15. The fourth-order valence-corrected chi connectivity index (χ4v) is 0.654. The van der Waals surface area contributed by atoms with Crippen LogP contribution in [0.1, 0.15) is 10.4 Å². The lowest BCUT2D eigenvalue weighted by Gasteiger charge is -1.95. The average Bonchev–Trinajstić information content (AvgIpc) is 2.29. The molecule has 10 nitrogen and oxygen atoms in total. The Balaban J connectivity index is 0. The first kappa shape index (κ1) is 19.7. The van der Waals surface area contributed by atoms with E-state index in [0.29, 0.717) is 0 Å². The molecule has 11 heteroatoms. The summed E-state index contributed by atoms with van der Waals surface area (Å²) in [7, 11) is -2.17. The lowest BCUT2D eigenvalue weighted by Crippen LogP contribution is -2.09. The highest BCUT2D eigenvalue weighted by atomic mass is 16.5. The molecule has 0 aliphatic rings.